The first-order chi connectivity index (χ1) is 14.0. The third kappa shape index (κ3) is 6.58. The highest BCUT2D eigenvalue weighted by Gasteiger charge is 2.31. The quantitative estimate of drug-likeness (QED) is 0.614. The molecule has 1 aromatic heterocycles. The number of hydrogen-bond acceptors (Lipinski definition) is 6. The van der Waals surface area contributed by atoms with Gasteiger partial charge in [-0.3, -0.25) is 4.79 Å². The zero-order valence-electron chi connectivity index (χ0n) is 16.7. The molecule has 1 saturated carbocycles. The predicted molar refractivity (Wildman–Crippen MR) is 112 cm³/mol. The van der Waals surface area contributed by atoms with Gasteiger partial charge in [0, 0.05) is 19.5 Å². The first kappa shape index (κ1) is 21.3. The van der Waals surface area contributed by atoms with Crippen molar-refractivity contribution in [1.82, 2.24) is 15.3 Å². The molecule has 2 aromatic rings. The highest BCUT2D eigenvalue weighted by molar-refractivity contribution is 6.34. The van der Waals surface area contributed by atoms with Crippen LogP contribution in [0, 0.1) is 5.92 Å². The van der Waals surface area contributed by atoms with E-state index in [1.54, 1.807) is 0 Å². The van der Waals surface area contributed by atoms with Crippen LogP contribution in [-0.4, -0.2) is 41.2 Å². The van der Waals surface area contributed by atoms with Crippen molar-refractivity contribution in [3.63, 3.8) is 0 Å². The smallest absolute Gasteiger partial charge is 0.237 e. The number of carbonyl (C=O) groups excluding carboxylic acids is 1. The number of nitrogens with one attached hydrogen (secondary N) is 2. The van der Waals surface area contributed by atoms with Crippen LogP contribution in [0.3, 0.4) is 0 Å². The first-order valence-corrected chi connectivity index (χ1v) is 10.2. The van der Waals surface area contributed by atoms with E-state index in [0.29, 0.717) is 42.4 Å². The number of halogens is 1. The van der Waals surface area contributed by atoms with Crippen molar-refractivity contribution in [3.05, 3.63) is 47.2 Å². The van der Waals surface area contributed by atoms with Crippen LogP contribution < -0.4 is 15.4 Å². The van der Waals surface area contributed by atoms with Crippen molar-refractivity contribution in [2.75, 3.05) is 18.5 Å². The monoisotopic (exact) mass is 418 g/mol. The molecular formula is C21H27ClN4O3. The van der Waals surface area contributed by atoms with Crippen molar-refractivity contribution >= 4 is 23.3 Å². The van der Waals surface area contributed by atoms with E-state index < -0.39 is 0 Å². The third-order valence-corrected chi connectivity index (χ3v) is 5.08. The van der Waals surface area contributed by atoms with Gasteiger partial charge >= 0.3 is 0 Å². The summed E-state index contributed by atoms with van der Waals surface area (Å²) in [4.78, 5) is 19.4. The Bertz CT molecular complexity index is 800. The Morgan fingerprint density at radius 1 is 1.28 bits per heavy atom. The molecule has 8 heteroatoms. The zero-order valence-corrected chi connectivity index (χ0v) is 17.5. The van der Waals surface area contributed by atoms with E-state index in [4.69, 9.17) is 21.1 Å². The number of carbonyl (C=O) groups is 1. The van der Waals surface area contributed by atoms with Crippen LogP contribution in [0.1, 0.15) is 32.3 Å². The molecule has 1 heterocycles. The van der Waals surface area contributed by atoms with E-state index in [1.807, 2.05) is 37.3 Å². The fraction of sp³-hybridized carbons (Fsp3) is 0.476. The summed E-state index contributed by atoms with van der Waals surface area (Å²) in [5.41, 5.74) is 1.14. The van der Waals surface area contributed by atoms with Crippen molar-refractivity contribution in [2.45, 2.75) is 45.4 Å². The molecule has 156 valence electrons. The molecule has 0 unspecified atom stereocenters. The minimum absolute atomic E-state index is 0.0180. The maximum atomic E-state index is 11.0. The van der Waals surface area contributed by atoms with Gasteiger partial charge in [0.15, 0.2) is 5.82 Å². The summed E-state index contributed by atoms with van der Waals surface area (Å²) in [5, 5.41) is 6.42. The van der Waals surface area contributed by atoms with Gasteiger partial charge < -0.3 is 20.1 Å². The van der Waals surface area contributed by atoms with Crippen LogP contribution in [0.2, 0.25) is 5.02 Å². The number of aromatic nitrogens is 2. The predicted octanol–water partition coefficient (Wildman–Crippen LogP) is 3.44. The van der Waals surface area contributed by atoms with Crippen molar-refractivity contribution < 1.29 is 14.3 Å². The Morgan fingerprint density at radius 3 is 2.76 bits per heavy atom. The molecule has 0 spiro atoms. The minimum Gasteiger partial charge on any atom is -0.476 e. The van der Waals surface area contributed by atoms with Gasteiger partial charge in [0.05, 0.1) is 19.3 Å². The van der Waals surface area contributed by atoms with Crippen LogP contribution in [0.25, 0.3) is 0 Å². The Hall–Kier alpha value is -2.38. The largest absolute Gasteiger partial charge is 0.476 e. The summed E-state index contributed by atoms with van der Waals surface area (Å²) in [6.45, 7) is 5.12. The lowest BCUT2D eigenvalue weighted by atomic mass is 9.83. The molecule has 1 aromatic carbocycles. The Balaban J connectivity index is 1.40. The zero-order chi connectivity index (χ0) is 20.6. The van der Waals surface area contributed by atoms with Crippen LogP contribution in [0.4, 0.5) is 5.82 Å². The highest BCUT2D eigenvalue weighted by atomic mass is 35.5. The number of nitrogens with zero attached hydrogens (tertiary/aromatic N) is 2. The van der Waals surface area contributed by atoms with Crippen LogP contribution in [-0.2, 0) is 16.1 Å². The fourth-order valence-electron chi connectivity index (χ4n) is 3.17. The van der Waals surface area contributed by atoms with Gasteiger partial charge in [-0.15, -0.1) is 0 Å². The number of hydrogen-bond donors (Lipinski definition) is 2. The first-order valence-electron chi connectivity index (χ1n) is 9.81. The van der Waals surface area contributed by atoms with E-state index in [-0.39, 0.29) is 18.1 Å². The van der Waals surface area contributed by atoms with Gasteiger partial charge in [-0.05, 0) is 31.2 Å². The van der Waals surface area contributed by atoms with Crippen molar-refractivity contribution in [1.29, 1.82) is 0 Å². The topological polar surface area (TPSA) is 85.4 Å². The summed E-state index contributed by atoms with van der Waals surface area (Å²) in [5.74, 6) is 1.31. The molecule has 0 radical (unpaired) electrons. The highest BCUT2D eigenvalue weighted by Crippen LogP contribution is 2.33. The summed E-state index contributed by atoms with van der Waals surface area (Å²) >= 11 is 6.40. The Kier molecular flexibility index (Phi) is 7.66. The van der Waals surface area contributed by atoms with Gasteiger partial charge in [0.25, 0.3) is 0 Å². The molecule has 0 saturated heterocycles. The number of rotatable bonds is 10. The van der Waals surface area contributed by atoms with E-state index >= 15 is 0 Å². The lowest BCUT2D eigenvalue weighted by Crippen LogP contribution is -2.40. The van der Waals surface area contributed by atoms with E-state index in [9.17, 15) is 4.79 Å². The van der Waals surface area contributed by atoms with E-state index in [1.165, 1.54) is 13.3 Å². The Morgan fingerprint density at radius 2 is 2.03 bits per heavy atom. The van der Waals surface area contributed by atoms with Gasteiger partial charge in [-0.1, -0.05) is 41.9 Å². The van der Waals surface area contributed by atoms with Crippen LogP contribution >= 0.6 is 11.6 Å². The van der Waals surface area contributed by atoms with Gasteiger partial charge in [-0.25, -0.2) is 9.97 Å². The second kappa shape index (κ2) is 10.4. The second-order valence-corrected chi connectivity index (χ2v) is 7.76. The van der Waals surface area contributed by atoms with Gasteiger partial charge in [-0.2, -0.15) is 0 Å². The number of amides is 1. The normalized spacial score (nSPS) is 19.1. The standard InChI is InChI=1S/C21H27ClN4O3/c1-14(26-15(2)27)11-28-18-8-17(9-18)12-29-21-19(22)20(24-13-25-21)23-10-16-6-4-3-5-7-16/h3-7,13-14,17-18H,8-12H2,1-2H3,(H,26,27)(H,23,24,25)/t14-,17-,18-/m0/s1. The summed E-state index contributed by atoms with van der Waals surface area (Å²) in [6, 6.07) is 10.0. The minimum atomic E-state index is -0.0413. The maximum Gasteiger partial charge on any atom is 0.237 e. The van der Waals surface area contributed by atoms with Crippen molar-refractivity contribution in [2.24, 2.45) is 5.92 Å². The molecule has 1 fully saturated rings. The van der Waals surface area contributed by atoms with Crippen molar-refractivity contribution in [3.8, 4) is 5.88 Å². The molecule has 7 nitrogen and oxygen atoms in total. The molecule has 1 atom stereocenters. The molecule has 0 bridgehead atoms. The average Bonchev–Trinajstić information content (AvgIpc) is 2.66. The lowest BCUT2D eigenvalue weighted by molar-refractivity contribution is -0.120. The van der Waals surface area contributed by atoms with E-state index in [0.717, 1.165) is 18.4 Å². The second-order valence-electron chi connectivity index (χ2n) is 7.39. The number of ether oxygens (including phenoxy) is 2. The van der Waals surface area contributed by atoms with E-state index in [2.05, 4.69) is 20.6 Å². The SMILES string of the molecule is CC(=O)N[C@@H](C)CO[C@H]1C[C@H](COc2ncnc(NCc3ccccc3)c2Cl)C1. The maximum absolute atomic E-state index is 11.0. The van der Waals surface area contributed by atoms with Crippen LogP contribution in [0.15, 0.2) is 36.7 Å². The summed E-state index contributed by atoms with van der Waals surface area (Å²) in [7, 11) is 0. The fourth-order valence-corrected chi connectivity index (χ4v) is 3.39. The van der Waals surface area contributed by atoms with Crippen LogP contribution in [0.5, 0.6) is 5.88 Å². The molecule has 29 heavy (non-hydrogen) atoms. The summed E-state index contributed by atoms with van der Waals surface area (Å²) in [6.07, 6.45) is 3.51. The summed E-state index contributed by atoms with van der Waals surface area (Å²) < 4.78 is 11.6. The lowest BCUT2D eigenvalue weighted by Gasteiger charge is -2.35. The van der Waals surface area contributed by atoms with Gasteiger partial charge in [0.2, 0.25) is 11.8 Å². The molecule has 2 N–H and O–H groups in total. The van der Waals surface area contributed by atoms with Gasteiger partial charge in [0.1, 0.15) is 11.3 Å². The molecule has 1 aliphatic rings. The Labute approximate surface area is 176 Å². The molecule has 1 aliphatic carbocycles. The average molecular weight is 419 g/mol. The number of benzene rings is 1. The molecule has 3 rings (SSSR count). The molecule has 0 aliphatic heterocycles. The molecular weight excluding hydrogens is 392 g/mol. The molecule has 1 amide bonds. The number of anilines is 1. The third-order valence-electron chi connectivity index (χ3n) is 4.74.